The molecule has 1 unspecified atom stereocenters. The maximum absolute atomic E-state index is 12.0. The van der Waals surface area contributed by atoms with Crippen LogP contribution in [0.25, 0.3) is 0 Å². The molecule has 0 bridgehead atoms. The molecule has 0 radical (unpaired) electrons. The third-order valence-electron chi connectivity index (χ3n) is 3.59. The summed E-state index contributed by atoms with van der Waals surface area (Å²) in [4.78, 5) is 21.7. The highest BCUT2D eigenvalue weighted by Crippen LogP contribution is 2.47. The number of Topliss-reactive ketones (excluding diaryl/α,β-unsaturated/α-hetero) is 1. The van der Waals surface area contributed by atoms with Crippen molar-refractivity contribution in [1.82, 2.24) is 0 Å². The van der Waals surface area contributed by atoms with Crippen molar-refractivity contribution in [2.45, 2.75) is 65.9 Å². The summed E-state index contributed by atoms with van der Waals surface area (Å²) in [5.74, 6) is 0.959. The van der Waals surface area contributed by atoms with E-state index in [1.165, 1.54) is 0 Å². The van der Waals surface area contributed by atoms with E-state index in [2.05, 4.69) is 0 Å². The second-order valence-electron chi connectivity index (χ2n) is 6.80. The molecule has 0 aliphatic heterocycles. The minimum absolute atomic E-state index is 0.0851. The van der Waals surface area contributed by atoms with Crippen LogP contribution in [0, 0.1) is 17.8 Å². The molecule has 1 saturated carbocycles. The SMILES string of the molecule is CC(C)COP(=O)(O)OC1CCC(C(=O)CC(C)C)CC1. The Kier molecular flexibility index (Phi) is 7.55. The number of carbonyl (C=O) groups is 1. The van der Waals surface area contributed by atoms with Gasteiger partial charge in [-0.25, -0.2) is 4.57 Å². The van der Waals surface area contributed by atoms with Crippen LogP contribution in [-0.4, -0.2) is 23.4 Å². The van der Waals surface area contributed by atoms with Gasteiger partial charge in [0.2, 0.25) is 0 Å². The zero-order valence-electron chi connectivity index (χ0n) is 13.6. The van der Waals surface area contributed by atoms with Crippen LogP contribution in [0.15, 0.2) is 0 Å². The van der Waals surface area contributed by atoms with E-state index in [1.54, 1.807) is 0 Å². The Balaban J connectivity index is 2.36. The van der Waals surface area contributed by atoms with Crippen LogP contribution >= 0.6 is 7.82 Å². The van der Waals surface area contributed by atoms with Crippen LogP contribution in [0.2, 0.25) is 0 Å². The Morgan fingerprint density at radius 1 is 1.14 bits per heavy atom. The first kappa shape index (κ1) is 18.8. The maximum atomic E-state index is 12.0. The lowest BCUT2D eigenvalue weighted by Gasteiger charge is -2.29. The fourth-order valence-corrected chi connectivity index (χ4v) is 3.66. The molecule has 1 rings (SSSR count). The molecule has 1 aliphatic rings. The van der Waals surface area contributed by atoms with Crippen molar-refractivity contribution >= 4 is 13.6 Å². The fraction of sp³-hybridized carbons (Fsp3) is 0.933. The van der Waals surface area contributed by atoms with Gasteiger partial charge in [0.25, 0.3) is 0 Å². The molecule has 0 spiro atoms. The van der Waals surface area contributed by atoms with Crippen LogP contribution in [0.3, 0.4) is 0 Å². The molecule has 0 amide bonds. The van der Waals surface area contributed by atoms with Gasteiger partial charge in [-0.2, -0.15) is 0 Å². The van der Waals surface area contributed by atoms with Crippen LogP contribution in [0.5, 0.6) is 0 Å². The van der Waals surface area contributed by atoms with E-state index >= 15 is 0 Å². The molecule has 21 heavy (non-hydrogen) atoms. The van der Waals surface area contributed by atoms with Crippen LogP contribution < -0.4 is 0 Å². The van der Waals surface area contributed by atoms with E-state index in [0.29, 0.717) is 31.0 Å². The van der Waals surface area contributed by atoms with E-state index < -0.39 is 7.82 Å². The van der Waals surface area contributed by atoms with Crippen molar-refractivity contribution in [1.29, 1.82) is 0 Å². The molecule has 0 aromatic carbocycles. The molecular weight excluding hydrogens is 291 g/mol. The second-order valence-corrected chi connectivity index (χ2v) is 8.21. The van der Waals surface area contributed by atoms with Gasteiger partial charge < -0.3 is 4.89 Å². The number of hydrogen-bond donors (Lipinski definition) is 1. The Morgan fingerprint density at radius 3 is 2.19 bits per heavy atom. The number of phosphoric acid groups is 1. The van der Waals surface area contributed by atoms with Crippen LogP contribution in [0.4, 0.5) is 0 Å². The smallest absolute Gasteiger partial charge is 0.302 e. The molecule has 1 atom stereocenters. The topological polar surface area (TPSA) is 72.8 Å². The molecule has 0 saturated heterocycles. The molecule has 5 nitrogen and oxygen atoms in total. The lowest BCUT2D eigenvalue weighted by atomic mass is 9.82. The summed E-state index contributed by atoms with van der Waals surface area (Å²) in [6.45, 7) is 8.11. The predicted molar refractivity (Wildman–Crippen MR) is 81.9 cm³/mol. The van der Waals surface area contributed by atoms with E-state index in [0.717, 1.165) is 12.8 Å². The lowest BCUT2D eigenvalue weighted by Crippen LogP contribution is -2.26. The van der Waals surface area contributed by atoms with Gasteiger partial charge in [-0.3, -0.25) is 13.8 Å². The molecular formula is C15H29O5P. The quantitative estimate of drug-likeness (QED) is 0.686. The highest BCUT2D eigenvalue weighted by Gasteiger charge is 2.32. The van der Waals surface area contributed by atoms with Gasteiger partial charge >= 0.3 is 7.82 Å². The molecule has 1 N–H and O–H groups in total. The van der Waals surface area contributed by atoms with Crippen molar-refractivity contribution in [3.8, 4) is 0 Å². The van der Waals surface area contributed by atoms with Crippen molar-refractivity contribution in [2.24, 2.45) is 17.8 Å². The zero-order chi connectivity index (χ0) is 16.0. The number of rotatable bonds is 8. The summed E-state index contributed by atoms with van der Waals surface area (Å²) < 4.78 is 22.0. The normalized spacial score (nSPS) is 26.0. The van der Waals surface area contributed by atoms with Crippen LogP contribution in [0.1, 0.15) is 59.8 Å². The third-order valence-corrected chi connectivity index (χ3v) is 4.63. The Morgan fingerprint density at radius 2 is 1.71 bits per heavy atom. The van der Waals surface area contributed by atoms with Crippen molar-refractivity contribution < 1.29 is 23.3 Å². The molecule has 0 aromatic heterocycles. The minimum atomic E-state index is -3.97. The molecule has 6 heteroatoms. The van der Waals surface area contributed by atoms with Gasteiger partial charge in [-0.05, 0) is 37.5 Å². The van der Waals surface area contributed by atoms with Gasteiger partial charge in [0.1, 0.15) is 5.78 Å². The van der Waals surface area contributed by atoms with Gasteiger partial charge in [0.05, 0.1) is 12.7 Å². The Labute approximate surface area is 128 Å². The van der Waals surface area contributed by atoms with E-state index in [4.69, 9.17) is 9.05 Å². The monoisotopic (exact) mass is 320 g/mol. The molecule has 124 valence electrons. The average Bonchev–Trinajstić information content (AvgIpc) is 2.36. The maximum Gasteiger partial charge on any atom is 0.472 e. The molecule has 1 fully saturated rings. The summed E-state index contributed by atoms with van der Waals surface area (Å²) in [6, 6.07) is 0. The number of hydrogen-bond acceptors (Lipinski definition) is 4. The number of ketones is 1. The Bertz CT molecular complexity index is 372. The fourth-order valence-electron chi connectivity index (χ4n) is 2.52. The molecule has 0 aromatic rings. The van der Waals surface area contributed by atoms with Gasteiger partial charge in [0.15, 0.2) is 0 Å². The first-order valence-corrected chi connectivity index (χ1v) is 9.37. The van der Waals surface area contributed by atoms with Crippen molar-refractivity contribution in [3.05, 3.63) is 0 Å². The number of phosphoric ester groups is 1. The Hall–Kier alpha value is -0.220. The minimum Gasteiger partial charge on any atom is -0.302 e. The van der Waals surface area contributed by atoms with Gasteiger partial charge in [-0.15, -0.1) is 0 Å². The predicted octanol–water partition coefficient (Wildman–Crippen LogP) is 3.95. The zero-order valence-corrected chi connectivity index (χ0v) is 14.5. The largest absolute Gasteiger partial charge is 0.472 e. The van der Waals surface area contributed by atoms with Crippen molar-refractivity contribution in [3.63, 3.8) is 0 Å². The summed E-state index contributed by atoms with van der Waals surface area (Å²) in [5, 5.41) is 0. The van der Waals surface area contributed by atoms with Crippen molar-refractivity contribution in [2.75, 3.05) is 6.61 Å². The van der Waals surface area contributed by atoms with Crippen LogP contribution in [-0.2, 0) is 18.4 Å². The number of carbonyl (C=O) groups excluding carboxylic acids is 1. The summed E-state index contributed by atoms with van der Waals surface area (Å²) in [7, 11) is -3.97. The van der Waals surface area contributed by atoms with Gasteiger partial charge in [-0.1, -0.05) is 27.7 Å². The highest BCUT2D eigenvalue weighted by molar-refractivity contribution is 7.47. The standard InChI is InChI=1S/C15H29O5P/c1-11(2)9-15(16)13-5-7-14(8-6-13)20-21(17,18)19-10-12(3)4/h11-14H,5-10H2,1-4H3,(H,17,18). The average molecular weight is 320 g/mol. The molecule has 1 aliphatic carbocycles. The van der Waals surface area contributed by atoms with E-state index in [-0.39, 0.29) is 24.5 Å². The van der Waals surface area contributed by atoms with E-state index in [1.807, 2.05) is 27.7 Å². The first-order chi connectivity index (χ1) is 9.69. The highest BCUT2D eigenvalue weighted by atomic mass is 31.2. The molecule has 0 heterocycles. The third kappa shape index (κ3) is 7.55. The van der Waals surface area contributed by atoms with Gasteiger partial charge in [0, 0.05) is 12.3 Å². The van der Waals surface area contributed by atoms with E-state index in [9.17, 15) is 14.3 Å². The second kappa shape index (κ2) is 8.42. The summed E-state index contributed by atoms with van der Waals surface area (Å²) in [6.07, 6.45) is 3.09. The summed E-state index contributed by atoms with van der Waals surface area (Å²) >= 11 is 0. The summed E-state index contributed by atoms with van der Waals surface area (Å²) in [5.41, 5.74) is 0. The first-order valence-electron chi connectivity index (χ1n) is 7.88. The lowest BCUT2D eigenvalue weighted by molar-refractivity contribution is -0.125.